The van der Waals surface area contributed by atoms with Gasteiger partial charge >= 0.3 is 0 Å². The lowest BCUT2D eigenvalue weighted by Crippen LogP contribution is -2.34. The second-order valence-corrected chi connectivity index (χ2v) is 7.02. The van der Waals surface area contributed by atoms with Gasteiger partial charge in [0.15, 0.2) is 0 Å². The molecule has 0 aliphatic rings. The summed E-state index contributed by atoms with van der Waals surface area (Å²) in [6.07, 6.45) is 5.31. The Morgan fingerprint density at radius 1 is 1.26 bits per heavy atom. The van der Waals surface area contributed by atoms with E-state index in [4.69, 9.17) is 0 Å². The van der Waals surface area contributed by atoms with Gasteiger partial charge in [0.05, 0.1) is 6.20 Å². The zero-order valence-electron chi connectivity index (χ0n) is 13.5. The van der Waals surface area contributed by atoms with Gasteiger partial charge in [0.1, 0.15) is 0 Å². The Bertz CT molecular complexity index is 360. The van der Waals surface area contributed by atoms with E-state index < -0.39 is 0 Å². The molecule has 0 amide bonds. The highest BCUT2D eigenvalue weighted by molar-refractivity contribution is 5.06. The number of aromatic nitrogens is 2. The van der Waals surface area contributed by atoms with Crippen LogP contribution in [0.2, 0.25) is 0 Å². The molecular formula is C16H31N3. The van der Waals surface area contributed by atoms with Crippen LogP contribution in [0.4, 0.5) is 0 Å². The minimum absolute atomic E-state index is 0.318. The molecule has 0 aliphatic heterocycles. The van der Waals surface area contributed by atoms with E-state index in [9.17, 15) is 0 Å². The summed E-state index contributed by atoms with van der Waals surface area (Å²) in [7, 11) is 0. The van der Waals surface area contributed by atoms with Crippen molar-refractivity contribution in [2.24, 2.45) is 17.3 Å². The van der Waals surface area contributed by atoms with Crippen LogP contribution in [0.15, 0.2) is 12.4 Å². The van der Waals surface area contributed by atoms with Crippen LogP contribution in [0.5, 0.6) is 0 Å². The summed E-state index contributed by atoms with van der Waals surface area (Å²) in [5.41, 5.74) is 1.67. The Balaban J connectivity index is 2.59. The summed E-state index contributed by atoms with van der Waals surface area (Å²) in [5, 5.41) is 7.98. The molecule has 3 nitrogen and oxygen atoms in total. The summed E-state index contributed by atoms with van der Waals surface area (Å²) in [6.45, 7) is 16.8. The third-order valence-corrected chi connectivity index (χ3v) is 3.66. The standard InChI is InChI=1S/C16H31N3/c1-7-19-12-14(10-18-19)8-15(16(4,5)6)11-17-9-13(2)3/h10,12-13,15,17H,7-9,11H2,1-6H3. The van der Waals surface area contributed by atoms with E-state index in [2.05, 4.69) is 58.2 Å². The lowest BCUT2D eigenvalue weighted by molar-refractivity contribution is 0.228. The fraction of sp³-hybridized carbons (Fsp3) is 0.812. The molecule has 1 rings (SSSR count). The van der Waals surface area contributed by atoms with Gasteiger partial charge in [-0.2, -0.15) is 5.10 Å². The van der Waals surface area contributed by atoms with Crippen LogP contribution in [0, 0.1) is 17.3 Å². The SMILES string of the molecule is CCn1cc(CC(CNCC(C)C)C(C)(C)C)cn1. The van der Waals surface area contributed by atoms with E-state index in [1.54, 1.807) is 0 Å². The zero-order valence-corrected chi connectivity index (χ0v) is 13.5. The van der Waals surface area contributed by atoms with Gasteiger partial charge < -0.3 is 5.32 Å². The molecule has 110 valence electrons. The summed E-state index contributed by atoms with van der Waals surface area (Å²) >= 11 is 0. The van der Waals surface area contributed by atoms with E-state index >= 15 is 0 Å². The van der Waals surface area contributed by atoms with Crippen molar-refractivity contribution in [3.05, 3.63) is 18.0 Å². The van der Waals surface area contributed by atoms with Crippen LogP contribution in [0.25, 0.3) is 0 Å². The first kappa shape index (κ1) is 16.2. The molecule has 0 saturated heterocycles. The van der Waals surface area contributed by atoms with Crippen molar-refractivity contribution in [1.82, 2.24) is 15.1 Å². The molecule has 0 aromatic carbocycles. The van der Waals surface area contributed by atoms with Crippen LogP contribution >= 0.6 is 0 Å². The van der Waals surface area contributed by atoms with Crippen molar-refractivity contribution in [2.75, 3.05) is 13.1 Å². The van der Waals surface area contributed by atoms with Crippen molar-refractivity contribution < 1.29 is 0 Å². The summed E-state index contributed by atoms with van der Waals surface area (Å²) < 4.78 is 2.01. The Labute approximate surface area is 118 Å². The van der Waals surface area contributed by atoms with Crippen molar-refractivity contribution in [1.29, 1.82) is 0 Å². The number of nitrogens with one attached hydrogen (secondary N) is 1. The number of hydrogen-bond donors (Lipinski definition) is 1. The Kier molecular flexibility index (Phi) is 6.05. The van der Waals surface area contributed by atoms with Crippen molar-refractivity contribution in [2.45, 2.75) is 54.5 Å². The first-order chi connectivity index (χ1) is 8.82. The van der Waals surface area contributed by atoms with Gasteiger partial charge in [0.2, 0.25) is 0 Å². The van der Waals surface area contributed by atoms with Crippen LogP contribution in [-0.4, -0.2) is 22.9 Å². The van der Waals surface area contributed by atoms with Crippen molar-refractivity contribution in [3.8, 4) is 0 Å². The molecule has 1 atom stereocenters. The average molecular weight is 265 g/mol. The van der Waals surface area contributed by atoms with Crippen molar-refractivity contribution in [3.63, 3.8) is 0 Å². The maximum Gasteiger partial charge on any atom is 0.0521 e. The number of rotatable bonds is 7. The fourth-order valence-electron chi connectivity index (χ4n) is 2.20. The van der Waals surface area contributed by atoms with Gasteiger partial charge in [-0.25, -0.2) is 0 Å². The van der Waals surface area contributed by atoms with Gasteiger partial charge in [0, 0.05) is 12.7 Å². The molecule has 1 unspecified atom stereocenters. The number of hydrogen-bond acceptors (Lipinski definition) is 2. The molecule has 0 bridgehead atoms. The smallest absolute Gasteiger partial charge is 0.0521 e. The highest BCUT2D eigenvalue weighted by Crippen LogP contribution is 2.28. The lowest BCUT2D eigenvalue weighted by atomic mass is 9.77. The van der Waals surface area contributed by atoms with Gasteiger partial charge in [-0.15, -0.1) is 0 Å². The van der Waals surface area contributed by atoms with E-state index in [-0.39, 0.29) is 0 Å². The van der Waals surface area contributed by atoms with Crippen LogP contribution in [0.3, 0.4) is 0 Å². The molecule has 0 spiro atoms. The zero-order chi connectivity index (χ0) is 14.5. The topological polar surface area (TPSA) is 29.9 Å². The minimum Gasteiger partial charge on any atom is -0.316 e. The molecule has 0 aliphatic carbocycles. The van der Waals surface area contributed by atoms with E-state index in [1.807, 2.05) is 10.9 Å². The Hall–Kier alpha value is -0.830. The summed E-state index contributed by atoms with van der Waals surface area (Å²) in [6, 6.07) is 0. The summed E-state index contributed by atoms with van der Waals surface area (Å²) in [5.74, 6) is 1.35. The third kappa shape index (κ3) is 5.77. The van der Waals surface area contributed by atoms with Crippen LogP contribution < -0.4 is 5.32 Å². The fourth-order valence-corrected chi connectivity index (χ4v) is 2.20. The van der Waals surface area contributed by atoms with Gasteiger partial charge in [-0.3, -0.25) is 4.68 Å². The molecule has 1 heterocycles. The second-order valence-electron chi connectivity index (χ2n) is 7.02. The number of aryl methyl sites for hydroxylation is 1. The van der Waals surface area contributed by atoms with Crippen LogP contribution in [0.1, 0.15) is 47.1 Å². The predicted octanol–water partition coefficient (Wildman–Crippen LogP) is 3.35. The molecular weight excluding hydrogens is 234 g/mol. The van der Waals surface area contributed by atoms with Crippen molar-refractivity contribution >= 4 is 0 Å². The predicted molar refractivity (Wildman–Crippen MR) is 82.3 cm³/mol. The first-order valence-electron chi connectivity index (χ1n) is 7.55. The molecule has 0 fully saturated rings. The monoisotopic (exact) mass is 265 g/mol. The lowest BCUT2D eigenvalue weighted by Gasteiger charge is -2.31. The Morgan fingerprint density at radius 2 is 1.95 bits per heavy atom. The second kappa shape index (κ2) is 7.09. The maximum atomic E-state index is 4.37. The molecule has 3 heteroatoms. The summed E-state index contributed by atoms with van der Waals surface area (Å²) in [4.78, 5) is 0. The van der Waals surface area contributed by atoms with Crippen LogP contribution in [-0.2, 0) is 13.0 Å². The third-order valence-electron chi connectivity index (χ3n) is 3.66. The number of nitrogens with zero attached hydrogens (tertiary/aromatic N) is 2. The maximum absolute atomic E-state index is 4.37. The van der Waals surface area contributed by atoms with Gasteiger partial charge in [-0.1, -0.05) is 34.6 Å². The molecule has 1 aromatic heterocycles. The molecule has 1 aromatic rings. The highest BCUT2D eigenvalue weighted by atomic mass is 15.3. The van der Waals surface area contributed by atoms with E-state index in [1.165, 1.54) is 5.56 Å². The van der Waals surface area contributed by atoms with Gasteiger partial charge in [-0.05, 0) is 49.2 Å². The largest absolute Gasteiger partial charge is 0.316 e. The van der Waals surface area contributed by atoms with E-state index in [0.717, 1.165) is 26.1 Å². The quantitative estimate of drug-likeness (QED) is 0.819. The van der Waals surface area contributed by atoms with E-state index in [0.29, 0.717) is 17.3 Å². The Morgan fingerprint density at radius 3 is 2.42 bits per heavy atom. The highest BCUT2D eigenvalue weighted by Gasteiger charge is 2.24. The molecule has 19 heavy (non-hydrogen) atoms. The average Bonchev–Trinajstić information content (AvgIpc) is 2.73. The minimum atomic E-state index is 0.318. The van der Waals surface area contributed by atoms with Gasteiger partial charge in [0.25, 0.3) is 0 Å². The first-order valence-corrected chi connectivity index (χ1v) is 7.55. The molecule has 0 saturated carbocycles. The normalized spacial score (nSPS) is 14.1. The molecule has 1 N–H and O–H groups in total. The molecule has 0 radical (unpaired) electrons.